The number of carbonyl (C=O) groups excluding carboxylic acids is 1. The maximum atomic E-state index is 12.2. The van der Waals surface area contributed by atoms with Gasteiger partial charge >= 0.3 is 0 Å². The van der Waals surface area contributed by atoms with Crippen LogP contribution in [0.1, 0.15) is 39.5 Å². The van der Waals surface area contributed by atoms with Crippen molar-refractivity contribution in [2.75, 3.05) is 5.32 Å². The number of benzene rings is 1. The van der Waals surface area contributed by atoms with Crippen molar-refractivity contribution in [1.29, 1.82) is 0 Å². The van der Waals surface area contributed by atoms with E-state index in [1.54, 1.807) is 0 Å². The summed E-state index contributed by atoms with van der Waals surface area (Å²) in [4.78, 5) is 12.2. The largest absolute Gasteiger partial charge is 0.358 e. The van der Waals surface area contributed by atoms with Crippen molar-refractivity contribution in [3.63, 3.8) is 0 Å². The molecule has 0 amide bonds. The van der Waals surface area contributed by atoms with Crippen LogP contribution in [0.4, 0.5) is 5.69 Å². The molecule has 0 unspecified atom stereocenters. The number of carbonyl (C=O) groups is 1. The zero-order valence-corrected chi connectivity index (χ0v) is 14.2. The SMILES string of the molecule is CC(C)=CCC1=C(Nc2ccccc2I)CCCC1=O. The van der Waals surface area contributed by atoms with Crippen LogP contribution in [0.3, 0.4) is 0 Å². The van der Waals surface area contributed by atoms with Gasteiger partial charge in [0.2, 0.25) is 0 Å². The average molecular weight is 381 g/mol. The molecule has 0 aliphatic heterocycles. The van der Waals surface area contributed by atoms with E-state index in [1.165, 1.54) is 9.14 Å². The Morgan fingerprint density at radius 3 is 2.75 bits per heavy atom. The van der Waals surface area contributed by atoms with E-state index in [0.717, 1.165) is 36.2 Å². The van der Waals surface area contributed by atoms with Crippen LogP contribution in [-0.2, 0) is 4.79 Å². The molecule has 0 bridgehead atoms. The number of allylic oxidation sites excluding steroid dienone is 4. The Morgan fingerprint density at radius 1 is 1.30 bits per heavy atom. The first-order valence-corrected chi connectivity index (χ1v) is 8.06. The fourth-order valence-corrected chi connectivity index (χ4v) is 2.82. The van der Waals surface area contributed by atoms with Crippen LogP contribution in [0.5, 0.6) is 0 Å². The first kappa shape index (κ1) is 15.3. The van der Waals surface area contributed by atoms with Gasteiger partial charge in [-0.25, -0.2) is 0 Å². The molecule has 1 N–H and O–H groups in total. The lowest BCUT2D eigenvalue weighted by Gasteiger charge is -2.21. The van der Waals surface area contributed by atoms with Gasteiger partial charge in [0.1, 0.15) is 0 Å². The van der Waals surface area contributed by atoms with Gasteiger partial charge in [0.05, 0.1) is 5.69 Å². The van der Waals surface area contributed by atoms with Crippen LogP contribution in [-0.4, -0.2) is 5.78 Å². The lowest BCUT2D eigenvalue weighted by molar-refractivity contribution is -0.116. The van der Waals surface area contributed by atoms with Gasteiger partial charge in [-0.1, -0.05) is 23.8 Å². The number of Topliss-reactive ketones (excluding diaryl/α,β-unsaturated/α-hetero) is 1. The summed E-state index contributed by atoms with van der Waals surface area (Å²) < 4.78 is 1.18. The first-order valence-electron chi connectivity index (χ1n) is 6.98. The molecule has 0 spiro atoms. The Hall–Kier alpha value is -1.10. The Labute approximate surface area is 134 Å². The third kappa shape index (κ3) is 3.95. The highest BCUT2D eigenvalue weighted by Gasteiger charge is 2.20. The number of hydrogen-bond donors (Lipinski definition) is 1. The topological polar surface area (TPSA) is 29.1 Å². The van der Waals surface area contributed by atoms with E-state index in [1.807, 2.05) is 12.1 Å². The molecule has 106 valence electrons. The molecule has 2 nitrogen and oxygen atoms in total. The van der Waals surface area contributed by atoms with Crippen LogP contribution in [0.2, 0.25) is 0 Å². The van der Waals surface area contributed by atoms with Crippen molar-refractivity contribution in [3.05, 3.63) is 50.8 Å². The summed E-state index contributed by atoms with van der Waals surface area (Å²) in [5.41, 5.74) is 4.40. The molecule has 1 aliphatic rings. The summed E-state index contributed by atoms with van der Waals surface area (Å²) in [5.74, 6) is 0.294. The summed E-state index contributed by atoms with van der Waals surface area (Å²) in [6, 6.07) is 8.18. The van der Waals surface area contributed by atoms with Crippen molar-refractivity contribution in [2.24, 2.45) is 0 Å². The second-order valence-electron chi connectivity index (χ2n) is 5.32. The molecule has 3 heteroatoms. The number of rotatable bonds is 4. The highest BCUT2D eigenvalue weighted by molar-refractivity contribution is 14.1. The Balaban J connectivity index is 2.29. The van der Waals surface area contributed by atoms with Crippen LogP contribution < -0.4 is 5.32 Å². The third-order valence-electron chi connectivity index (χ3n) is 3.41. The molecule has 1 aliphatic carbocycles. The molecular formula is C17H20INO. The van der Waals surface area contributed by atoms with E-state index in [4.69, 9.17) is 0 Å². The monoisotopic (exact) mass is 381 g/mol. The molecule has 1 aromatic carbocycles. The van der Waals surface area contributed by atoms with Crippen molar-refractivity contribution >= 4 is 34.1 Å². The minimum absolute atomic E-state index is 0.294. The average Bonchev–Trinajstić information content (AvgIpc) is 2.40. The maximum Gasteiger partial charge on any atom is 0.160 e. The molecule has 20 heavy (non-hydrogen) atoms. The Morgan fingerprint density at radius 2 is 2.05 bits per heavy atom. The Kier molecular flexibility index (Phi) is 5.40. The zero-order chi connectivity index (χ0) is 14.5. The smallest absolute Gasteiger partial charge is 0.160 e. The summed E-state index contributed by atoms with van der Waals surface area (Å²) in [6.45, 7) is 4.14. The van der Waals surface area contributed by atoms with E-state index in [0.29, 0.717) is 12.2 Å². The van der Waals surface area contributed by atoms with E-state index >= 15 is 0 Å². The van der Waals surface area contributed by atoms with Crippen LogP contribution >= 0.6 is 22.6 Å². The van der Waals surface area contributed by atoms with Crippen molar-refractivity contribution < 1.29 is 4.79 Å². The van der Waals surface area contributed by atoms with Gasteiger partial charge in [0.15, 0.2) is 5.78 Å². The fourth-order valence-electron chi connectivity index (χ4n) is 2.30. The summed E-state index contributed by atoms with van der Waals surface area (Å²) >= 11 is 2.32. The lowest BCUT2D eigenvalue weighted by atomic mass is 9.92. The van der Waals surface area contributed by atoms with Crippen LogP contribution in [0, 0.1) is 3.57 Å². The van der Waals surface area contributed by atoms with Crippen LogP contribution in [0.25, 0.3) is 0 Å². The molecule has 0 saturated heterocycles. The van der Waals surface area contributed by atoms with E-state index in [9.17, 15) is 4.79 Å². The number of anilines is 1. The maximum absolute atomic E-state index is 12.2. The van der Waals surface area contributed by atoms with Crippen molar-refractivity contribution in [1.82, 2.24) is 0 Å². The molecule has 0 aromatic heterocycles. The molecule has 2 rings (SSSR count). The van der Waals surface area contributed by atoms with Crippen molar-refractivity contribution in [3.8, 4) is 0 Å². The van der Waals surface area contributed by atoms with E-state index in [-0.39, 0.29) is 0 Å². The Bertz CT molecular complexity index is 568. The predicted octanol–water partition coefficient (Wildman–Crippen LogP) is 5.07. The zero-order valence-electron chi connectivity index (χ0n) is 12.0. The van der Waals surface area contributed by atoms with Gasteiger partial charge in [0.25, 0.3) is 0 Å². The number of nitrogens with one attached hydrogen (secondary N) is 1. The van der Waals surface area contributed by atoms with Gasteiger partial charge < -0.3 is 5.32 Å². The molecule has 0 saturated carbocycles. The first-order chi connectivity index (χ1) is 9.58. The number of ketones is 1. The standard InChI is InChI=1S/C17H20INO/c1-12(2)10-11-13-15(8-5-9-17(13)20)19-16-7-4-3-6-14(16)18/h3-4,6-7,10,19H,5,8-9,11H2,1-2H3. The van der Waals surface area contributed by atoms with Gasteiger partial charge in [-0.05, 0) is 67.8 Å². The highest BCUT2D eigenvalue weighted by Crippen LogP contribution is 2.28. The molecule has 0 atom stereocenters. The normalized spacial score (nSPS) is 15.2. The minimum atomic E-state index is 0.294. The molecule has 0 heterocycles. The summed E-state index contributed by atoms with van der Waals surface area (Å²) in [5, 5.41) is 3.48. The van der Waals surface area contributed by atoms with Crippen molar-refractivity contribution in [2.45, 2.75) is 39.5 Å². The molecule has 0 fully saturated rings. The van der Waals surface area contributed by atoms with Gasteiger partial charge in [-0.2, -0.15) is 0 Å². The van der Waals surface area contributed by atoms with E-state index in [2.05, 4.69) is 60.0 Å². The third-order valence-corrected chi connectivity index (χ3v) is 4.35. The number of halogens is 1. The second-order valence-corrected chi connectivity index (χ2v) is 6.49. The molecule has 0 radical (unpaired) electrons. The van der Waals surface area contributed by atoms with Crippen LogP contribution in [0.15, 0.2) is 47.2 Å². The minimum Gasteiger partial charge on any atom is -0.358 e. The molecular weight excluding hydrogens is 361 g/mol. The summed E-state index contributed by atoms with van der Waals surface area (Å²) in [6.07, 6.45) is 5.47. The quantitative estimate of drug-likeness (QED) is 0.583. The summed E-state index contributed by atoms with van der Waals surface area (Å²) in [7, 11) is 0. The van der Waals surface area contributed by atoms with E-state index < -0.39 is 0 Å². The second kappa shape index (κ2) is 7.07. The van der Waals surface area contributed by atoms with Gasteiger partial charge in [-0.3, -0.25) is 4.79 Å². The lowest BCUT2D eigenvalue weighted by Crippen LogP contribution is -2.16. The highest BCUT2D eigenvalue weighted by atomic mass is 127. The van der Waals surface area contributed by atoms with Gasteiger partial charge in [0, 0.05) is 21.3 Å². The van der Waals surface area contributed by atoms with Gasteiger partial charge in [-0.15, -0.1) is 0 Å². The number of hydrogen-bond acceptors (Lipinski definition) is 2. The number of para-hydroxylation sites is 1. The molecule has 1 aromatic rings. The predicted molar refractivity (Wildman–Crippen MR) is 92.7 cm³/mol. The fraction of sp³-hybridized carbons (Fsp3) is 0.353.